The highest BCUT2D eigenvalue weighted by Gasteiger charge is 2.40. The van der Waals surface area contributed by atoms with Gasteiger partial charge >= 0.3 is 0 Å². The van der Waals surface area contributed by atoms with Crippen LogP contribution in [-0.2, 0) is 14.8 Å². The van der Waals surface area contributed by atoms with Gasteiger partial charge in [0.2, 0.25) is 15.9 Å². The molecule has 0 heterocycles. The van der Waals surface area contributed by atoms with Crippen molar-refractivity contribution in [2.45, 2.75) is 63.6 Å². The van der Waals surface area contributed by atoms with Gasteiger partial charge in [-0.2, -0.15) is 9.57 Å². The number of hydrogen-bond donors (Lipinski definition) is 0. The number of carbonyl (C=O) groups is 1. The van der Waals surface area contributed by atoms with Gasteiger partial charge in [-0.05, 0) is 64.8 Å². The Balaban J connectivity index is 2.28. The normalized spacial score (nSPS) is 14.8. The van der Waals surface area contributed by atoms with E-state index in [9.17, 15) is 13.2 Å². The molecule has 0 unspecified atom stereocenters. The van der Waals surface area contributed by atoms with E-state index in [1.165, 1.54) is 28.6 Å². The van der Waals surface area contributed by atoms with Crippen molar-refractivity contribution >= 4 is 15.9 Å². The molecule has 136 valence electrons. The first-order valence-electron chi connectivity index (χ1n) is 8.51. The SMILES string of the molecule is CC(C)N(C(=O)CN(C1CC1)S(=O)(=O)c1ccc(C#N)cc1)C(C)C. The molecule has 0 atom stereocenters. The Labute approximate surface area is 150 Å². The van der Waals surface area contributed by atoms with E-state index in [4.69, 9.17) is 5.26 Å². The van der Waals surface area contributed by atoms with Crippen LogP contribution >= 0.6 is 0 Å². The Bertz CT molecular complexity index is 752. The van der Waals surface area contributed by atoms with Crippen molar-refractivity contribution in [1.82, 2.24) is 9.21 Å². The minimum Gasteiger partial charge on any atom is -0.337 e. The summed E-state index contributed by atoms with van der Waals surface area (Å²) in [6.07, 6.45) is 1.54. The number of amides is 1. The maximum atomic E-state index is 13.0. The van der Waals surface area contributed by atoms with Crippen molar-refractivity contribution in [2.24, 2.45) is 0 Å². The summed E-state index contributed by atoms with van der Waals surface area (Å²) in [7, 11) is -3.77. The van der Waals surface area contributed by atoms with E-state index in [1.807, 2.05) is 33.8 Å². The molecule has 2 rings (SSSR count). The van der Waals surface area contributed by atoms with Gasteiger partial charge in [0, 0.05) is 18.1 Å². The maximum absolute atomic E-state index is 13.0. The van der Waals surface area contributed by atoms with Crippen LogP contribution in [0.3, 0.4) is 0 Å². The van der Waals surface area contributed by atoms with Crippen LogP contribution in [0.15, 0.2) is 29.2 Å². The zero-order chi connectivity index (χ0) is 18.8. The first-order chi connectivity index (χ1) is 11.7. The largest absolute Gasteiger partial charge is 0.337 e. The second kappa shape index (κ2) is 7.54. The average Bonchev–Trinajstić information content (AvgIpc) is 3.36. The Hall–Kier alpha value is -1.91. The molecular weight excluding hydrogens is 338 g/mol. The van der Waals surface area contributed by atoms with Crippen molar-refractivity contribution in [1.29, 1.82) is 5.26 Å². The number of nitriles is 1. The van der Waals surface area contributed by atoms with E-state index < -0.39 is 10.0 Å². The molecule has 1 fully saturated rings. The number of sulfonamides is 1. The molecule has 1 aromatic carbocycles. The second-order valence-electron chi connectivity index (χ2n) is 6.91. The number of hydrogen-bond acceptors (Lipinski definition) is 4. The molecule has 25 heavy (non-hydrogen) atoms. The molecule has 0 spiro atoms. The monoisotopic (exact) mass is 363 g/mol. The lowest BCUT2D eigenvalue weighted by Gasteiger charge is -2.33. The van der Waals surface area contributed by atoms with Crippen LogP contribution in [0.25, 0.3) is 0 Å². The molecule has 0 bridgehead atoms. The molecule has 0 N–H and O–H groups in total. The van der Waals surface area contributed by atoms with E-state index in [1.54, 1.807) is 4.90 Å². The van der Waals surface area contributed by atoms with Gasteiger partial charge in [0.1, 0.15) is 0 Å². The van der Waals surface area contributed by atoms with Gasteiger partial charge in [-0.1, -0.05) is 0 Å². The van der Waals surface area contributed by atoms with Crippen molar-refractivity contribution in [2.75, 3.05) is 6.54 Å². The molecule has 6 nitrogen and oxygen atoms in total. The van der Waals surface area contributed by atoms with Crippen molar-refractivity contribution in [3.8, 4) is 6.07 Å². The summed E-state index contributed by atoms with van der Waals surface area (Å²) in [5, 5.41) is 8.86. The van der Waals surface area contributed by atoms with Gasteiger partial charge < -0.3 is 4.90 Å². The lowest BCUT2D eigenvalue weighted by Crippen LogP contribution is -2.48. The Morgan fingerprint density at radius 3 is 2.08 bits per heavy atom. The van der Waals surface area contributed by atoms with Crippen molar-refractivity contribution < 1.29 is 13.2 Å². The first kappa shape index (κ1) is 19.4. The summed E-state index contributed by atoms with van der Waals surface area (Å²) >= 11 is 0. The summed E-state index contributed by atoms with van der Waals surface area (Å²) in [6.45, 7) is 7.55. The van der Waals surface area contributed by atoms with Crippen LogP contribution in [0.2, 0.25) is 0 Å². The fourth-order valence-corrected chi connectivity index (χ4v) is 4.63. The van der Waals surface area contributed by atoms with E-state index in [0.29, 0.717) is 5.56 Å². The van der Waals surface area contributed by atoms with Crippen molar-refractivity contribution in [3.05, 3.63) is 29.8 Å². The Morgan fingerprint density at radius 1 is 1.16 bits per heavy atom. The number of carbonyl (C=O) groups excluding carboxylic acids is 1. The molecule has 1 aliphatic carbocycles. The molecule has 1 saturated carbocycles. The Kier molecular flexibility index (Phi) is 5.86. The van der Waals surface area contributed by atoms with Gasteiger partial charge in [-0.25, -0.2) is 8.42 Å². The zero-order valence-electron chi connectivity index (χ0n) is 15.1. The quantitative estimate of drug-likeness (QED) is 0.745. The fraction of sp³-hybridized carbons (Fsp3) is 0.556. The zero-order valence-corrected chi connectivity index (χ0v) is 16.0. The molecule has 0 aromatic heterocycles. The van der Waals surface area contributed by atoms with Gasteiger partial charge in [0.05, 0.1) is 23.1 Å². The van der Waals surface area contributed by atoms with Gasteiger partial charge in [0.15, 0.2) is 0 Å². The molecule has 1 amide bonds. The molecule has 1 aromatic rings. The van der Waals surface area contributed by atoms with Gasteiger partial charge in [-0.3, -0.25) is 4.79 Å². The fourth-order valence-electron chi connectivity index (χ4n) is 3.00. The highest BCUT2D eigenvalue weighted by atomic mass is 32.2. The number of benzene rings is 1. The lowest BCUT2D eigenvalue weighted by atomic mass is 10.2. The summed E-state index contributed by atoms with van der Waals surface area (Å²) in [5.41, 5.74) is 0.402. The third-order valence-electron chi connectivity index (χ3n) is 4.24. The number of nitrogens with zero attached hydrogens (tertiary/aromatic N) is 3. The minimum absolute atomic E-state index is 0.00571. The lowest BCUT2D eigenvalue weighted by molar-refractivity contribution is -0.135. The Morgan fingerprint density at radius 2 is 1.68 bits per heavy atom. The van der Waals surface area contributed by atoms with Crippen LogP contribution in [0.5, 0.6) is 0 Å². The predicted octanol–water partition coefficient (Wildman–Crippen LogP) is 2.36. The van der Waals surface area contributed by atoms with Gasteiger partial charge in [0.25, 0.3) is 0 Å². The smallest absolute Gasteiger partial charge is 0.243 e. The predicted molar refractivity (Wildman–Crippen MR) is 95.2 cm³/mol. The van der Waals surface area contributed by atoms with Crippen LogP contribution in [-0.4, -0.2) is 48.2 Å². The van der Waals surface area contributed by atoms with Crippen LogP contribution < -0.4 is 0 Å². The van der Waals surface area contributed by atoms with E-state index >= 15 is 0 Å². The molecule has 0 radical (unpaired) electrons. The maximum Gasteiger partial charge on any atom is 0.243 e. The van der Waals surface area contributed by atoms with E-state index in [2.05, 4.69) is 0 Å². The van der Waals surface area contributed by atoms with Crippen molar-refractivity contribution in [3.63, 3.8) is 0 Å². The summed E-state index contributed by atoms with van der Waals surface area (Å²) in [6, 6.07) is 7.68. The average molecular weight is 363 g/mol. The topological polar surface area (TPSA) is 81.5 Å². The van der Waals surface area contributed by atoms with E-state index in [-0.39, 0.29) is 35.5 Å². The van der Waals surface area contributed by atoms with E-state index in [0.717, 1.165) is 12.8 Å². The molecule has 0 saturated heterocycles. The standard InChI is InChI=1S/C18H25N3O3S/c1-13(2)21(14(3)4)18(22)12-20(16-7-8-16)25(23,24)17-9-5-15(11-19)6-10-17/h5-6,9-10,13-14,16H,7-8,12H2,1-4H3. The summed E-state index contributed by atoms with van der Waals surface area (Å²) in [5.74, 6) is -0.186. The highest BCUT2D eigenvalue weighted by molar-refractivity contribution is 7.89. The molecule has 0 aliphatic heterocycles. The summed E-state index contributed by atoms with van der Waals surface area (Å²) in [4.78, 5) is 14.6. The second-order valence-corrected chi connectivity index (χ2v) is 8.80. The summed E-state index contributed by atoms with van der Waals surface area (Å²) < 4.78 is 27.3. The van der Waals surface area contributed by atoms with Gasteiger partial charge in [-0.15, -0.1) is 0 Å². The molecular formula is C18H25N3O3S. The van der Waals surface area contributed by atoms with Crippen LogP contribution in [0.1, 0.15) is 46.1 Å². The molecule has 7 heteroatoms. The number of rotatable bonds is 7. The highest BCUT2D eigenvalue weighted by Crippen LogP contribution is 2.32. The third-order valence-corrected chi connectivity index (χ3v) is 6.15. The van der Waals surface area contributed by atoms with Crippen LogP contribution in [0.4, 0.5) is 0 Å². The first-order valence-corrected chi connectivity index (χ1v) is 9.95. The minimum atomic E-state index is -3.77. The third kappa shape index (κ3) is 4.39. The van der Waals surface area contributed by atoms with Crippen LogP contribution in [0, 0.1) is 11.3 Å². The molecule has 1 aliphatic rings.